The summed E-state index contributed by atoms with van der Waals surface area (Å²) < 4.78 is 0. The summed E-state index contributed by atoms with van der Waals surface area (Å²) in [5.74, 6) is 4.40. The number of carbonyl (C=O) groups excluding carboxylic acids is 1. The van der Waals surface area contributed by atoms with Gasteiger partial charge < -0.3 is 10.4 Å². The Morgan fingerprint density at radius 2 is 1.63 bits per heavy atom. The van der Waals surface area contributed by atoms with Crippen LogP contribution in [0.4, 0.5) is 0 Å². The van der Waals surface area contributed by atoms with Gasteiger partial charge >= 0.3 is 5.97 Å². The Bertz CT molecular complexity index is 1120. The number of aliphatic carboxylic acids is 1. The highest BCUT2D eigenvalue weighted by atomic mass is 35.5. The first-order valence-corrected chi connectivity index (χ1v) is 9.57. The third kappa shape index (κ3) is 5.20. The van der Waals surface area contributed by atoms with E-state index in [4.69, 9.17) is 11.6 Å². The molecule has 0 aliphatic heterocycles. The minimum atomic E-state index is -1.07. The smallest absolute Gasteiger partial charge is 0.326 e. The van der Waals surface area contributed by atoms with Crippen LogP contribution in [0.3, 0.4) is 0 Å². The fourth-order valence-electron chi connectivity index (χ4n) is 3.00. The van der Waals surface area contributed by atoms with Gasteiger partial charge in [0.2, 0.25) is 0 Å². The van der Waals surface area contributed by atoms with Gasteiger partial charge in [-0.3, -0.25) is 4.79 Å². The average Bonchev–Trinajstić information content (AvgIpc) is 2.70. The fraction of sp³-hybridized carbons (Fsp3) is 0.200. The number of fused-ring (bicyclic) bond motifs is 1. The van der Waals surface area contributed by atoms with E-state index in [1.807, 2.05) is 30.3 Å². The first-order chi connectivity index (χ1) is 13.9. The average molecular weight is 422 g/mol. The SMILES string of the molecule is C.CC(C)[C@H](NC(=O)c1ccc2ccccc2c1C#Cc1ccc(Cl)cc1)C(=O)O. The highest BCUT2D eigenvalue weighted by molar-refractivity contribution is 6.30. The predicted octanol–water partition coefficient (Wildman–Crippen LogP) is 5.37. The van der Waals surface area contributed by atoms with Gasteiger partial charge in [0.05, 0.1) is 5.56 Å². The second kappa shape index (κ2) is 9.96. The Kier molecular flexibility index (Phi) is 7.63. The third-order valence-corrected chi connectivity index (χ3v) is 4.82. The van der Waals surface area contributed by atoms with Crippen LogP contribution in [0, 0.1) is 17.8 Å². The molecule has 154 valence electrons. The maximum absolute atomic E-state index is 12.9. The molecule has 0 heterocycles. The van der Waals surface area contributed by atoms with Crippen LogP contribution < -0.4 is 5.32 Å². The topological polar surface area (TPSA) is 66.4 Å². The summed E-state index contributed by atoms with van der Waals surface area (Å²) in [6, 6.07) is 17.3. The number of benzene rings is 3. The highest BCUT2D eigenvalue weighted by Gasteiger charge is 2.25. The van der Waals surface area contributed by atoms with Gasteiger partial charge in [0, 0.05) is 16.1 Å². The van der Waals surface area contributed by atoms with Crippen molar-refractivity contribution in [3.63, 3.8) is 0 Å². The van der Waals surface area contributed by atoms with Crippen molar-refractivity contribution in [2.45, 2.75) is 27.3 Å². The Morgan fingerprint density at radius 1 is 0.967 bits per heavy atom. The molecule has 4 nitrogen and oxygen atoms in total. The van der Waals surface area contributed by atoms with E-state index in [0.717, 1.165) is 16.3 Å². The van der Waals surface area contributed by atoms with Crippen molar-refractivity contribution in [2.75, 3.05) is 0 Å². The number of carbonyl (C=O) groups is 2. The lowest BCUT2D eigenvalue weighted by Crippen LogP contribution is -2.44. The van der Waals surface area contributed by atoms with Gasteiger partial charge in [-0.2, -0.15) is 0 Å². The zero-order valence-electron chi connectivity index (χ0n) is 16.1. The molecule has 0 saturated heterocycles. The Morgan fingerprint density at radius 3 is 2.27 bits per heavy atom. The number of carboxylic acid groups (broad SMARTS) is 1. The minimum Gasteiger partial charge on any atom is -0.480 e. The zero-order valence-corrected chi connectivity index (χ0v) is 16.8. The molecule has 0 bridgehead atoms. The molecule has 0 saturated carbocycles. The molecule has 2 N–H and O–H groups in total. The Labute approximate surface area is 181 Å². The molecule has 0 spiro atoms. The minimum absolute atomic E-state index is 0. The third-order valence-electron chi connectivity index (χ3n) is 4.57. The molecular weight excluding hydrogens is 398 g/mol. The summed E-state index contributed by atoms with van der Waals surface area (Å²) in [6.07, 6.45) is 0. The molecule has 3 rings (SSSR count). The normalized spacial score (nSPS) is 11.2. The molecule has 3 aromatic rings. The predicted molar refractivity (Wildman–Crippen MR) is 122 cm³/mol. The van der Waals surface area contributed by atoms with Crippen LogP contribution >= 0.6 is 11.6 Å². The number of hydrogen-bond donors (Lipinski definition) is 2. The summed E-state index contributed by atoms with van der Waals surface area (Å²) in [6.45, 7) is 3.50. The van der Waals surface area contributed by atoms with E-state index < -0.39 is 17.9 Å². The van der Waals surface area contributed by atoms with Crippen LogP contribution in [0.2, 0.25) is 5.02 Å². The van der Waals surface area contributed by atoms with Gasteiger partial charge in [0.15, 0.2) is 0 Å². The molecule has 0 aliphatic carbocycles. The number of halogens is 1. The summed E-state index contributed by atoms with van der Waals surface area (Å²) in [5, 5.41) is 14.4. The lowest BCUT2D eigenvalue weighted by molar-refractivity contribution is -0.140. The number of amides is 1. The lowest BCUT2D eigenvalue weighted by atomic mass is 9.97. The van der Waals surface area contributed by atoms with E-state index >= 15 is 0 Å². The Hall–Kier alpha value is -3.29. The van der Waals surface area contributed by atoms with Crippen LogP contribution in [0.1, 0.15) is 42.8 Å². The maximum atomic E-state index is 12.9. The molecular formula is C25H24ClNO3. The van der Waals surface area contributed by atoms with E-state index in [1.165, 1.54) is 0 Å². The van der Waals surface area contributed by atoms with Crippen molar-refractivity contribution >= 4 is 34.2 Å². The quantitative estimate of drug-likeness (QED) is 0.556. The van der Waals surface area contributed by atoms with Gasteiger partial charge in [-0.15, -0.1) is 0 Å². The standard InChI is InChI=1S/C24H20ClNO3.CH4/c1-15(2)22(24(28)29)26-23(27)21-14-10-17-5-3-4-6-19(17)20(21)13-9-16-7-11-18(25)12-8-16;/h3-8,10-12,14-15,22H,1-2H3,(H,26,27)(H,28,29);1H4/t22-;/m0./s1. The van der Waals surface area contributed by atoms with Crippen LogP contribution in [-0.2, 0) is 4.79 Å². The molecule has 3 aromatic carbocycles. The van der Waals surface area contributed by atoms with Crippen molar-refractivity contribution in [3.8, 4) is 11.8 Å². The molecule has 1 atom stereocenters. The van der Waals surface area contributed by atoms with Crippen molar-refractivity contribution in [1.82, 2.24) is 5.32 Å². The van der Waals surface area contributed by atoms with E-state index in [0.29, 0.717) is 16.1 Å². The summed E-state index contributed by atoms with van der Waals surface area (Å²) in [4.78, 5) is 24.4. The van der Waals surface area contributed by atoms with Gasteiger partial charge in [0.1, 0.15) is 6.04 Å². The maximum Gasteiger partial charge on any atom is 0.326 e. The van der Waals surface area contributed by atoms with E-state index in [1.54, 1.807) is 44.2 Å². The lowest BCUT2D eigenvalue weighted by Gasteiger charge is -2.18. The summed E-state index contributed by atoms with van der Waals surface area (Å²) >= 11 is 5.92. The monoisotopic (exact) mass is 421 g/mol. The zero-order chi connectivity index (χ0) is 21.0. The van der Waals surface area contributed by atoms with E-state index in [2.05, 4.69) is 17.2 Å². The van der Waals surface area contributed by atoms with Crippen molar-refractivity contribution in [2.24, 2.45) is 5.92 Å². The van der Waals surface area contributed by atoms with Crippen molar-refractivity contribution < 1.29 is 14.7 Å². The van der Waals surface area contributed by atoms with Crippen molar-refractivity contribution in [3.05, 3.63) is 82.4 Å². The number of rotatable bonds is 4. The van der Waals surface area contributed by atoms with Crippen LogP contribution in [0.25, 0.3) is 10.8 Å². The van der Waals surface area contributed by atoms with Crippen LogP contribution in [0.15, 0.2) is 60.7 Å². The first kappa shape index (κ1) is 23.0. The number of nitrogens with one attached hydrogen (secondary N) is 1. The highest BCUT2D eigenvalue weighted by Crippen LogP contribution is 2.22. The second-order valence-electron chi connectivity index (χ2n) is 7.00. The molecule has 0 radical (unpaired) electrons. The largest absolute Gasteiger partial charge is 0.480 e. The van der Waals surface area contributed by atoms with Crippen molar-refractivity contribution in [1.29, 1.82) is 0 Å². The molecule has 5 heteroatoms. The summed E-state index contributed by atoms with van der Waals surface area (Å²) in [5.41, 5.74) is 1.67. The Balaban J connectivity index is 0.00000320. The number of hydrogen-bond acceptors (Lipinski definition) is 2. The first-order valence-electron chi connectivity index (χ1n) is 9.20. The molecule has 0 aromatic heterocycles. The summed E-state index contributed by atoms with van der Waals surface area (Å²) in [7, 11) is 0. The number of carboxylic acids is 1. The van der Waals surface area contributed by atoms with Gasteiger partial charge in [-0.25, -0.2) is 4.79 Å². The molecule has 1 amide bonds. The van der Waals surface area contributed by atoms with E-state index in [-0.39, 0.29) is 13.3 Å². The molecule has 30 heavy (non-hydrogen) atoms. The van der Waals surface area contributed by atoms with Gasteiger partial charge in [-0.1, -0.05) is 75.0 Å². The fourth-order valence-corrected chi connectivity index (χ4v) is 3.12. The molecule has 0 fully saturated rings. The van der Waals surface area contributed by atoms with Gasteiger partial charge in [-0.05, 0) is 47.0 Å². The van der Waals surface area contributed by atoms with Crippen LogP contribution in [-0.4, -0.2) is 23.0 Å². The van der Waals surface area contributed by atoms with E-state index in [9.17, 15) is 14.7 Å². The van der Waals surface area contributed by atoms with Gasteiger partial charge in [0.25, 0.3) is 5.91 Å². The molecule has 0 unspecified atom stereocenters. The second-order valence-corrected chi connectivity index (χ2v) is 7.44. The molecule has 0 aliphatic rings. The van der Waals surface area contributed by atoms with Crippen LogP contribution in [0.5, 0.6) is 0 Å².